The first-order chi connectivity index (χ1) is 7.61. The molecule has 1 rings (SSSR count). The fraction of sp³-hybridized carbons (Fsp3) is 0.0769. The number of hydrogen-bond donors (Lipinski definition) is 2. The molecule has 0 fully saturated rings. The molecule has 0 spiro atoms. The van der Waals surface area contributed by atoms with Crippen LogP contribution >= 0.6 is 9.24 Å². The summed E-state index contributed by atoms with van der Waals surface area (Å²) in [6, 6.07) is 7.05. The van der Waals surface area contributed by atoms with Crippen LogP contribution in [0, 0.1) is 0 Å². The SMILES string of the molecule is C=C(O)/C=C\C(=C/P)Cc1ccc(O)cc1. The molecule has 1 aromatic rings. The van der Waals surface area contributed by atoms with Gasteiger partial charge in [-0.1, -0.05) is 30.6 Å². The van der Waals surface area contributed by atoms with Gasteiger partial charge in [0.1, 0.15) is 11.5 Å². The molecule has 1 aromatic carbocycles. The highest BCUT2D eigenvalue weighted by molar-refractivity contribution is 7.20. The molecule has 0 aliphatic rings. The van der Waals surface area contributed by atoms with Crippen molar-refractivity contribution in [1.82, 2.24) is 0 Å². The van der Waals surface area contributed by atoms with Crippen molar-refractivity contribution >= 4 is 9.24 Å². The van der Waals surface area contributed by atoms with Gasteiger partial charge >= 0.3 is 0 Å². The Hall–Kier alpha value is -1.53. The zero-order valence-electron chi connectivity index (χ0n) is 8.93. The lowest BCUT2D eigenvalue weighted by Gasteiger charge is -2.02. The monoisotopic (exact) mass is 234 g/mol. The maximum Gasteiger partial charge on any atom is 0.115 e. The maximum atomic E-state index is 9.15. The van der Waals surface area contributed by atoms with E-state index in [9.17, 15) is 0 Å². The van der Waals surface area contributed by atoms with Crippen LogP contribution in [-0.2, 0) is 6.42 Å². The fourth-order valence-corrected chi connectivity index (χ4v) is 1.46. The summed E-state index contributed by atoms with van der Waals surface area (Å²) < 4.78 is 0. The van der Waals surface area contributed by atoms with E-state index >= 15 is 0 Å². The van der Waals surface area contributed by atoms with E-state index in [-0.39, 0.29) is 11.5 Å². The highest BCUT2D eigenvalue weighted by Crippen LogP contribution is 2.15. The van der Waals surface area contributed by atoms with Gasteiger partial charge in [-0.2, -0.15) is 0 Å². The Bertz CT molecular complexity index is 416. The smallest absolute Gasteiger partial charge is 0.115 e. The highest BCUT2D eigenvalue weighted by atomic mass is 31.0. The lowest BCUT2D eigenvalue weighted by molar-refractivity contribution is 0.435. The molecular weight excluding hydrogens is 219 g/mol. The summed E-state index contributed by atoms with van der Waals surface area (Å²) >= 11 is 0. The van der Waals surface area contributed by atoms with Crippen molar-refractivity contribution < 1.29 is 10.2 Å². The molecule has 0 amide bonds. The van der Waals surface area contributed by atoms with Crippen molar-refractivity contribution in [2.24, 2.45) is 0 Å². The molecule has 0 heterocycles. The van der Waals surface area contributed by atoms with Crippen molar-refractivity contribution in [3.05, 3.63) is 65.7 Å². The Kier molecular flexibility index (Phi) is 4.81. The summed E-state index contributed by atoms with van der Waals surface area (Å²) in [4.78, 5) is 0. The van der Waals surface area contributed by atoms with Crippen LogP contribution in [0.5, 0.6) is 5.75 Å². The molecule has 0 saturated heterocycles. The molecule has 1 atom stereocenters. The third-order valence-electron chi connectivity index (χ3n) is 2.05. The van der Waals surface area contributed by atoms with Gasteiger partial charge in [0.25, 0.3) is 0 Å². The van der Waals surface area contributed by atoms with Crippen LogP contribution in [0.15, 0.2) is 60.1 Å². The van der Waals surface area contributed by atoms with Crippen LogP contribution in [0.25, 0.3) is 0 Å². The summed E-state index contributed by atoms with van der Waals surface area (Å²) in [6.07, 6.45) is 4.10. The van der Waals surface area contributed by atoms with Gasteiger partial charge in [0.2, 0.25) is 0 Å². The third kappa shape index (κ3) is 4.33. The average molecular weight is 234 g/mol. The Morgan fingerprint density at radius 1 is 1.25 bits per heavy atom. The van der Waals surface area contributed by atoms with Crippen LogP contribution in [0.3, 0.4) is 0 Å². The predicted octanol–water partition coefficient (Wildman–Crippen LogP) is 3.32. The van der Waals surface area contributed by atoms with E-state index < -0.39 is 0 Å². The van der Waals surface area contributed by atoms with Gasteiger partial charge in [-0.3, -0.25) is 0 Å². The average Bonchev–Trinajstić information content (AvgIpc) is 2.26. The largest absolute Gasteiger partial charge is 0.509 e. The van der Waals surface area contributed by atoms with Crippen LogP contribution in [0.1, 0.15) is 5.56 Å². The Balaban J connectivity index is 2.71. The Labute approximate surface area is 97.8 Å². The van der Waals surface area contributed by atoms with Gasteiger partial charge in [0.15, 0.2) is 0 Å². The third-order valence-corrected chi connectivity index (χ3v) is 2.48. The Morgan fingerprint density at radius 3 is 2.38 bits per heavy atom. The van der Waals surface area contributed by atoms with Crippen molar-refractivity contribution in [2.45, 2.75) is 6.42 Å². The number of aliphatic hydroxyl groups is 1. The number of phenols is 1. The second kappa shape index (κ2) is 6.14. The van der Waals surface area contributed by atoms with Crippen molar-refractivity contribution in [3.63, 3.8) is 0 Å². The predicted molar refractivity (Wildman–Crippen MR) is 70.5 cm³/mol. The second-order valence-corrected chi connectivity index (χ2v) is 3.74. The number of rotatable bonds is 4. The van der Waals surface area contributed by atoms with Crippen molar-refractivity contribution in [3.8, 4) is 5.75 Å². The van der Waals surface area contributed by atoms with Gasteiger partial charge in [-0.25, -0.2) is 0 Å². The summed E-state index contributed by atoms with van der Waals surface area (Å²) in [5.41, 5.74) is 2.14. The summed E-state index contributed by atoms with van der Waals surface area (Å²) in [6.45, 7) is 3.38. The van der Waals surface area contributed by atoms with Gasteiger partial charge < -0.3 is 10.2 Å². The molecule has 0 bridgehead atoms. The van der Waals surface area contributed by atoms with Crippen molar-refractivity contribution in [1.29, 1.82) is 0 Å². The zero-order chi connectivity index (χ0) is 12.0. The minimum Gasteiger partial charge on any atom is -0.509 e. The van der Waals surface area contributed by atoms with E-state index in [0.29, 0.717) is 0 Å². The molecule has 2 nitrogen and oxygen atoms in total. The number of aliphatic hydroxyl groups excluding tert-OH is 1. The summed E-state index contributed by atoms with van der Waals surface area (Å²) in [7, 11) is 2.53. The van der Waals surface area contributed by atoms with E-state index in [0.717, 1.165) is 17.6 Å². The molecule has 0 aliphatic carbocycles. The molecule has 2 N–H and O–H groups in total. The lowest BCUT2D eigenvalue weighted by Crippen LogP contribution is -1.87. The second-order valence-electron chi connectivity index (χ2n) is 3.41. The quantitative estimate of drug-likeness (QED) is 0.476. The fourth-order valence-electron chi connectivity index (χ4n) is 1.23. The number of allylic oxidation sites excluding steroid dienone is 3. The zero-order valence-corrected chi connectivity index (χ0v) is 10.1. The van der Waals surface area contributed by atoms with E-state index in [1.807, 2.05) is 24.0 Å². The Morgan fingerprint density at radius 2 is 1.88 bits per heavy atom. The molecule has 0 aromatic heterocycles. The number of phenolic OH excluding ortho intramolecular Hbond substituents is 1. The van der Waals surface area contributed by atoms with Gasteiger partial charge in [-0.05, 0) is 35.8 Å². The summed E-state index contributed by atoms with van der Waals surface area (Å²) in [5.74, 6) is 2.20. The number of hydrogen-bond acceptors (Lipinski definition) is 2. The van der Waals surface area contributed by atoms with Crippen LogP contribution in [-0.4, -0.2) is 10.2 Å². The van der Waals surface area contributed by atoms with E-state index in [4.69, 9.17) is 10.2 Å². The first kappa shape index (κ1) is 12.5. The van der Waals surface area contributed by atoms with E-state index in [1.54, 1.807) is 18.2 Å². The molecule has 16 heavy (non-hydrogen) atoms. The van der Waals surface area contributed by atoms with Crippen LogP contribution in [0.4, 0.5) is 0 Å². The van der Waals surface area contributed by atoms with Crippen LogP contribution < -0.4 is 0 Å². The first-order valence-corrected chi connectivity index (χ1v) is 5.53. The molecule has 1 unspecified atom stereocenters. The minimum absolute atomic E-state index is 0.0371. The molecule has 0 aliphatic heterocycles. The normalized spacial score (nSPS) is 11.9. The van der Waals surface area contributed by atoms with Gasteiger partial charge in [-0.15, -0.1) is 9.24 Å². The first-order valence-electron chi connectivity index (χ1n) is 4.86. The molecule has 0 radical (unpaired) electrons. The number of benzene rings is 1. The molecule has 84 valence electrons. The van der Waals surface area contributed by atoms with E-state index in [2.05, 4.69) is 15.8 Å². The lowest BCUT2D eigenvalue weighted by atomic mass is 10.1. The standard InChI is InChI=1S/C13H15O2P/c1-10(14)2-3-12(9-16)8-11-4-6-13(15)7-5-11/h2-7,9,14-15H,1,8,16H2/b3-2-,12-9+. The molecular formula is C13H15O2P. The topological polar surface area (TPSA) is 40.5 Å². The molecule has 0 saturated carbocycles. The minimum atomic E-state index is 0.0371. The maximum absolute atomic E-state index is 9.15. The van der Waals surface area contributed by atoms with Gasteiger partial charge in [0, 0.05) is 0 Å². The van der Waals surface area contributed by atoms with E-state index in [1.165, 1.54) is 0 Å². The summed E-state index contributed by atoms with van der Waals surface area (Å²) in [5, 5.41) is 18.1. The molecule has 3 heteroatoms. The van der Waals surface area contributed by atoms with Gasteiger partial charge in [0.05, 0.1) is 0 Å². The number of aromatic hydroxyl groups is 1. The van der Waals surface area contributed by atoms with Crippen LogP contribution in [0.2, 0.25) is 0 Å². The van der Waals surface area contributed by atoms with Crippen molar-refractivity contribution in [2.75, 3.05) is 0 Å². The highest BCUT2D eigenvalue weighted by Gasteiger charge is 1.96.